The van der Waals surface area contributed by atoms with E-state index in [1.54, 1.807) is 5.56 Å². The number of unbranched alkanes of at least 4 members (excludes halogenated alkanes) is 12. The van der Waals surface area contributed by atoms with Crippen molar-refractivity contribution in [2.75, 3.05) is 0 Å². The van der Waals surface area contributed by atoms with E-state index in [0.717, 1.165) is 5.92 Å². The fraction of sp³-hybridized carbons (Fsp3) is 0.724. The number of aryl methyl sites for hydroxylation is 1. The Labute approximate surface area is 191 Å². The maximum absolute atomic E-state index is 2.42. The Morgan fingerprint density at radius 2 is 1.17 bits per heavy atom. The molecule has 0 saturated carbocycles. The Morgan fingerprint density at radius 3 is 1.77 bits per heavy atom. The first kappa shape index (κ1) is 25.4. The molecule has 0 aliphatic heterocycles. The summed E-state index contributed by atoms with van der Waals surface area (Å²) in [6.07, 6.45) is 25.7. The number of fused-ring (bicyclic) bond motifs is 1. The van der Waals surface area contributed by atoms with Crippen LogP contribution in [0.4, 0.5) is 0 Å². The molecule has 0 aliphatic carbocycles. The summed E-state index contributed by atoms with van der Waals surface area (Å²) < 4.78 is 1.46. The van der Waals surface area contributed by atoms with Crippen LogP contribution in [-0.4, -0.2) is 0 Å². The van der Waals surface area contributed by atoms with Gasteiger partial charge in [0.1, 0.15) is 0 Å². The van der Waals surface area contributed by atoms with Crippen LogP contribution < -0.4 is 0 Å². The van der Waals surface area contributed by atoms with E-state index in [-0.39, 0.29) is 0 Å². The Kier molecular flexibility index (Phi) is 14.3. The third-order valence-corrected chi connectivity index (χ3v) is 7.83. The summed E-state index contributed by atoms with van der Waals surface area (Å²) in [5.74, 6) is 0.940. The van der Waals surface area contributed by atoms with Crippen LogP contribution in [0.3, 0.4) is 0 Å². The van der Waals surface area contributed by atoms with Gasteiger partial charge in [-0.1, -0.05) is 135 Å². The fourth-order valence-electron chi connectivity index (χ4n) is 4.80. The monoisotopic (exact) mass is 428 g/mol. The maximum atomic E-state index is 2.42. The molecule has 0 radical (unpaired) electrons. The Balaban J connectivity index is 1.71. The third kappa shape index (κ3) is 10.5. The minimum atomic E-state index is 0.940. The first-order valence-electron chi connectivity index (χ1n) is 13.3. The molecular weight excluding hydrogens is 380 g/mol. The number of hydrogen-bond acceptors (Lipinski definition) is 1. The Bertz CT molecular complexity index is 641. The number of rotatable bonds is 19. The van der Waals surface area contributed by atoms with Crippen LogP contribution in [0.1, 0.15) is 129 Å². The second-order valence-electron chi connectivity index (χ2n) is 9.48. The second kappa shape index (κ2) is 16.8. The lowest BCUT2D eigenvalue weighted by molar-refractivity contribution is 0.380. The molecule has 2 aromatic rings. The van der Waals surface area contributed by atoms with Crippen LogP contribution in [0.5, 0.6) is 0 Å². The molecule has 30 heavy (non-hydrogen) atoms. The first-order valence-corrected chi connectivity index (χ1v) is 14.2. The number of benzene rings is 1. The molecule has 1 atom stereocenters. The van der Waals surface area contributed by atoms with Crippen LogP contribution in [0, 0.1) is 5.92 Å². The summed E-state index contributed by atoms with van der Waals surface area (Å²) in [4.78, 5) is 0. The van der Waals surface area contributed by atoms with Crippen LogP contribution >= 0.6 is 11.3 Å². The molecule has 0 aliphatic rings. The highest BCUT2D eigenvalue weighted by Crippen LogP contribution is 2.29. The minimum Gasteiger partial charge on any atom is -0.144 e. The second-order valence-corrected chi connectivity index (χ2v) is 10.4. The van der Waals surface area contributed by atoms with Crippen molar-refractivity contribution in [3.8, 4) is 0 Å². The number of hydrogen-bond donors (Lipinski definition) is 0. The van der Waals surface area contributed by atoms with Gasteiger partial charge < -0.3 is 0 Å². The van der Waals surface area contributed by atoms with Gasteiger partial charge in [0, 0.05) is 4.70 Å². The average Bonchev–Trinajstić information content (AvgIpc) is 3.18. The van der Waals surface area contributed by atoms with Gasteiger partial charge in [-0.3, -0.25) is 0 Å². The van der Waals surface area contributed by atoms with E-state index in [2.05, 4.69) is 43.5 Å². The van der Waals surface area contributed by atoms with Gasteiger partial charge in [0.15, 0.2) is 0 Å². The lowest BCUT2D eigenvalue weighted by atomic mass is 9.89. The molecule has 1 aromatic carbocycles. The first-order chi connectivity index (χ1) is 14.8. The summed E-state index contributed by atoms with van der Waals surface area (Å²) >= 11 is 1.93. The molecule has 0 nitrogen and oxygen atoms in total. The molecule has 170 valence electrons. The zero-order chi connectivity index (χ0) is 21.3. The normalized spacial score (nSPS) is 12.6. The summed E-state index contributed by atoms with van der Waals surface area (Å²) in [5.41, 5.74) is 1.60. The number of thiophene rings is 1. The molecule has 1 aromatic heterocycles. The average molecular weight is 429 g/mol. The summed E-state index contributed by atoms with van der Waals surface area (Å²) in [6, 6.07) is 8.97. The van der Waals surface area contributed by atoms with Gasteiger partial charge in [0.05, 0.1) is 0 Å². The van der Waals surface area contributed by atoms with Crippen LogP contribution in [-0.2, 0) is 6.42 Å². The van der Waals surface area contributed by atoms with E-state index < -0.39 is 0 Å². The summed E-state index contributed by atoms with van der Waals surface area (Å²) in [5, 5.41) is 3.93. The van der Waals surface area contributed by atoms with E-state index in [4.69, 9.17) is 0 Å². The highest BCUT2D eigenvalue weighted by atomic mass is 32.1. The summed E-state index contributed by atoms with van der Waals surface area (Å²) in [7, 11) is 0. The van der Waals surface area contributed by atoms with Crippen molar-refractivity contribution >= 4 is 21.4 Å². The molecule has 2 rings (SSSR count). The predicted molar refractivity (Wildman–Crippen MR) is 139 cm³/mol. The molecule has 0 N–H and O–H groups in total. The SMILES string of the molecule is CCCCCCCCCCC(CCCCCCCC)CCc1csc2ccccc12. The molecule has 0 fully saturated rings. The lowest BCUT2D eigenvalue weighted by Gasteiger charge is -2.17. The van der Waals surface area contributed by atoms with Gasteiger partial charge in [-0.05, 0) is 41.2 Å². The van der Waals surface area contributed by atoms with E-state index in [0.29, 0.717) is 0 Å². The highest BCUT2D eigenvalue weighted by Gasteiger charge is 2.11. The van der Waals surface area contributed by atoms with Gasteiger partial charge in [-0.15, -0.1) is 11.3 Å². The van der Waals surface area contributed by atoms with Crippen molar-refractivity contribution in [1.82, 2.24) is 0 Å². The molecule has 1 heteroatoms. The van der Waals surface area contributed by atoms with E-state index in [1.807, 2.05) is 11.3 Å². The fourth-order valence-corrected chi connectivity index (χ4v) is 5.80. The predicted octanol–water partition coefficient (Wildman–Crippen LogP) is 10.7. The molecule has 1 heterocycles. The molecule has 0 bridgehead atoms. The molecule has 0 amide bonds. The van der Waals surface area contributed by atoms with Crippen LogP contribution in [0.2, 0.25) is 0 Å². The lowest BCUT2D eigenvalue weighted by Crippen LogP contribution is -2.03. The smallest absolute Gasteiger partial charge is 0.0345 e. The van der Waals surface area contributed by atoms with Crippen molar-refractivity contribution in [3.63, 3.8) is 0 Å². The van der Waals surface area contributed by atoms with Gasteiger partial charge in [-0.2, -0.15) is 0 Å². The zero-order valence-corrected chi connectivity index (χ0v) is 20.9. The topological polar surface area (TPSA) is 0 Å². The Morgan fingerprint density at radius 1 is 0.633 bits per heavy atom. The van der Waals surface area contributed by atoms with Crippen LogP contribution in [0.15, 0.2) is 29.6 Å². The largest absolute Gasteiger partial charge is 0.144 e. The summed E-state index contributed by atoms with van der Waals surface area (Å²) in [6.45, 7) is 4.62. The molecule has 1 unspecified atom stereocenters. The highest BCUT2D eigenvalue weighted by molar-refractivity contribution is 7.17. The zero-order valence-electron chi connectivity index (χ0n) is 20.1. The van der Waals surface area contributed by atoms with E-state index >= 15 is 0 Å². The minimum absolute atomic E-state index is 0.940. The maximum Gasteiger partial charge on any atom is 0.0345 e. The molecule has 0 saturated heterocycles. The standard InChI is InChI=1S/C29H48S/c1-3-5-7-9-11-12-14-16-20-26(19-15-13-10-8-6-4-2)23-24-27-25-30-29-22-18-17-21-28(27)29/h17-18,21-22,25-26H,3-16,19-20,23-24H2,1-2H3. The molecule has 0 spiro atoms. The Hall–Kier alpha value is -0.820. The van der Waals surface area contributed by atoms with Gasteiger partial charge in [-0.25, -0.2) is 0 Å². The van der Waals surface area contributed by atoms with E-state index in [1.165, 1.54) is 126 Å². The van der Waals surface area contributed by atoms with E-state index in [9.17, 15) is 0 Å². The van der Waals surface area contributed by atoms with Gasteiger partial charge in [0.2, 0.25) is 0 Å². The van der Waals surface area contributed by atoms with Gasteiger partial charge in [0.25, 0.3) is 0 Å². The van der Waals surface area contributed by atoms with Crippen molar-refractivity contribution < 1.29 is 0 Å². The van der Waals surface area contributed by atoms with Crippen molar-refractivity contribution in [3.05, 3.63) is 35.2 Å². The van der Waals surface area contributed by atoms with Crippen LogP contribution in [0.25, 0.3) is 10.1 Å². The quantitative estimate of drug-likeness (QED) is 0.195. The van der Waals surface area contributed by atoms with Crippen molar-refractivity contribution in [2.45, 2.75) is 129 Å². The van der Waals surface area contributed by atoms with Crippen molar-refractivity contribution in [1.29, 1.82) is 0 Å². The van der Waals surface area contributed by atoms with Crippen molar-refractivity contribution in [2.24, 2.45) is 5.92 Å². The van der Waals surface area contributed by atoms with Gasteiger partial charge >= 0.3 is 0 Å². The third-order valence-electron chi connectivity index (χ3n) is 6.81. The molecular formula is C29H48S.